The van der Waals surface area contributed by atoms with Crippen molar-refractivity contribution in [1.82, 2.24) is 0 Å². The Kier molecular flexibility index (Phi) is 6.10. The van der Waals surface area contributed by atoms with E-state index < -0.39 is 16.0 Å². The Bertz CT molecular complexity index is 908. The summed E-state index contributed by atoms with van der Waals surface area (Å²) in [5.41, 5.74) is 0.807. The van der Waals surface area contributed by atoms with Gasteiger partial charge in [-0.3, -0.25) is 4.72 Å². The number of carboxylic acids is 1. The second kappa shape index (κ2) is 8.09. The Morgan fingerprint density at radius 2 is 1.69 bits per heavy atom. The van der Waals surface area contributed by atoms with Gasteiger partial charge in [-0.1, -0.05) is 6.07 Å². The minimum Gasteiger partial charge on any atom is -0.490 e. The summed E-state index contributed by atoms with van der Waals surface area (Å²) in [6, 6.07) is 8.57. The predicted octanol–water partition coefficient (Wildman–Crippen LogP) is 3.29. The Balaban J connectivity index is 2.40. The van der Waals surface area contributed by atoms with E-state index in [0.717, 1.165) is 0 Å². The summed E-state index contributed by atoms with van der Waals surface area (Å²) >= 11 is 0. The Morgan fingerprint density at radius 1 is 1.04 bits per heavy atom. The normalized spacial score (nSPS) is 11.0. The molecule has 2 N–H and O–H groups in total. The van der Waals surface area contributed by atoms with E-state index in [1.807, 2.05) is 6.92 Å². The van der Waals surface area contributed by atoms with Crippen LogP contribution in [0.5, 0.6) is 11.5 Å². The first kappa shape index (κ1) is 19.6. The van der Waals surface area contributed by atoms with E-state index in [2.05, 4.69) is 4.72 Å². The number of carbonyl (C=O) groups is 1. The maximum Gasteiger partial charge on any atom is 0.335 e. The van der Waals surface area contributed by atoms with Crippen molar-refractivity contribution in [3.05, 3.63) is 47.5 Å². The van der Waals surface area contributed by atoms with E-state index in [1.54, 1.807) is 19.9 Å². The van der Waals surface area contributed by atoms with E-state index in [9.17, 15) is 13.2 Å². The summed E-state index contributed by atoms with van der Waals surface area (Å²) < 4.78 is 38.7. The van der Waals surface area contributed by atoms with Crippen molar-refractivity contribution in [3.8, 4) is 11.5 Å². The second-order valence-corrected chi connectivity index (χ2v) is 7.10. The fourth-order valence-electron chi connectivity index (χ4n) is 2.27. The monoisotopic (exact) mass is 379 g/mol. The molecule has 0 aromatic heterocycles. The van der Waals surface area contributed by atoms with Crippen LogP contribution in [0.25, 0.3) is 0 Å². The molecule has 0 radical (unpaired) electrons. The number of carboxylic acid groups (broad SMARTS) is 1. The van der Waals surface area contributed by atoms with Crippen molar-refractivity contribution in [3.63, 3.8) is 0 Å². The zero-order valence-corrected chi connectivity index (χ0v) is 15.6. The minimum absolute atomic E-state index is 0.00463. The highest BCUT2D eigenvalue weighted by atomic mass is 32.2. The van der Waals surface area contributed by atoms with Gasteiger partial charge in [0.25, 0.3) is 10.0 Å². The van der Waals surface area contributed by atoms with Gasteiger partial charge in [0.15, 0.2) is 11.5 Å². The van der Waals surface area contributed by atoms with Gasteiger partial charge in [-0.15, -0.1) is 0 Å². The number of benzene rings is 2. The average molecular weight is 379 g/mol. The van der Waals surface area contributed by atoms with Crippen LogP contribution in [0.2, 0.25) is 0 Å². The number of ether oxygens (including phenoxy) is 2. The van der Waals surface area contributed by atoms with Crippen LogP contribution < -0.4 is 14.2 Å². The lowest BCUT2D eigenvalue weighted by Gasteiger charge is -2.14. The van der Waals surface area contributed by atoms with Gasteiger partial charge >= 0.3 is 5.97 Å². The molecule has 0 spiro atoms. The van der Waals surface area contributed by atoms with Crippen LogP contribution in [0.1, 0.15) is 29.8 Å². The summed E-state index contributed by atoms with van der Waals surface area (Å²) in [5, 5.41) is 9.08. The summed E-state index contributed by atoms with van der Waals surface area (Å²) in [7, 11) is -3.93. The molecule has 140 valence electrons. The molecule has 0 saturated heterocycles. The lowest BCUT2D eigenvalue weighted by molar-refractivity contribution is 0.0697. The Morgan fingerprint density at radius 3 is 2.31 bits per heavy atom. The number of rotatable bonds is 8. The highest BCUT2D eigenvalue weighted by Crippen LogP contribution is 2.31. The van der Waals surface area contributed by atoms with Crippen molar-refractivity contribution in [2.75, 3.05) is 17.9 Å². The molecule has 2 aromatic carbocycles. The molecule has 0 aliphatic carbocycles. The van der Waals surface area contributed by atoms with Crippen molar-refractivity contribution in [2.24, 2.45) is 0 Å². The van der Waals surface area contributed by atoms with E-state index in [1.165, 1.54) is 30.3 Å². The lowest BCUT2D eigenvalue weighted by atomic mass is 10.1. The fourth-order valence-corrected chi connectivity index (χ4v) is 3.40. The highest BCUT2D eigenvalue weighted by Gasteiger charge is 2.19. The molecule has 26 heavy (non-hydrogen) atoms. The van der Waals surface area contributed by atoms with E-state index in [-0.39, 0.29) is 16.1 Å². The van der Waals surface area contributed by atoms with Gasteiger partial charge in [-0.05, 0) is 50.6 Å². The van der Waals surface area contributed by atoms with Crippen molar-refractivity contribution < 1.29 is 27.8 Å². The fraction of sp³-hybridized carbons (Fsp3) is 0.278. The van der Waals surface area contributed by atoms with Crippen LogP contribution in [0.3, 0.4) is 0 Å². The number of aromatic carboxylic acids is 1. The molecule has 0 aliphatic rings. The molecular formula is C18H21NO6S. The SMILES string of the molecule is CCOc1ccc(S(=O)(=O)Nc2cc(C(=O)O)ccc2C)cc1OCC. The summed E-state index contributed by atoms with van der Waals surface area (Å²) in [5.74, 6) is -0.351. The van der Waals surface area contributed by atoms with Gasteiger partial charge in [0.05, 0.1) is 29.4 Å². The zero-order valence-electron chi connectivity index (χ0n) is 14.8. The molecule has 0 amide bonds. The van der Waals surface area contributed by atoms with E-state index in [4.69, 9.17) is 14.6 Å². The van der Waals surface area contributed by atoms with Crippen LogP contribution in [0.15, 0.2) is 41.3 Å². The number of aryl methyl sites for hydroxylation is 1. The lowest BCUT2D eigenvalue weighted by Crippen LogP contribution is -2.15. The smallest absolute Gasteiger partial charge is 0.335 e. The van der Waals surface area contributed by atoms with Crippen LogP contribution in [0, 0.1) is 6.92 Å². The quantitative estimate of drug-likeness (QED) is 0.730. The van der Waals surface area contributed by atoms with Crippen molar-refractivity contribution in [2.45, 2.75) is 25.7 Å². The van der Waals surface area contributed by atoms with Gasteiger partial charge in [-0.2, -0.15) is 0 Å². The zero-order chi connectivity index (χ0) is 19.3. The third-order valence-corrected chi connectivity index (χ3v) is 4.92. The molecule has 0 fully saturated rings. The average Bonchev–Trinajstić information content (AvgIpc) is 2.58. The van der Waals surface area contributed by atoms with Crippen LogP contribution >= 0.6 is 0 Å². The molecule has 2 rings (SSSR count). The topological polar surface area (TPSA) is 102 Å². The molecular weight excluding hydrogens is 358 g/mol. The molecule has 0 aliphatic heterocycles. The van der Waals surface area contributed by atoms with Gasteiger partial charge in [0.1, 0.15) is 0 Å². The number of anilines is 1. The maximum atomic E-state index is 12.7. The summed E-state index contributed by atoms with van der Waals surface area (Å²) in [6.07, 6.45) is 0. The maximum absolute atomic E-state index is 12.7. The Labute approximate surface area is 152 Å². The number of nitrogens with one attached hydrogen (secondary N) is 1. The minimum atomic E-state index is -3.93. The second-order valence-electron chi connectivity index (χ2n) is 5.41. The third kappa shape index (κ3) is 4.45. The largest absolute Gasteiger partial charge is 0.490 e. The number of hydrogen-bond acceptors (Lipinski definition) is 5. The summed E-state index contributed by atoms with van der Waals surface area (Å²) in [4.78, 5) is 11.1. The van der Waals surface area contributed by atoms with Crippen molar-refractivity contribution in [1.29, 1.82) is 0 Å². The van der Waals surface area contributed by atoms with Gasteiger partial charge in [0, 0.05) is 6.07 Å². The first-order chi connectivity index (χ1) is 12.3. The molecule has 0 unspecified atom stereocenters. The molecule has 8 heteroatoms. The molecule has 0 bridgehead atoms. The molecule has 0 atom stereocenters. The first-order valence-corrected chi connectivity index (χ1v) is 9.53. The van der Waals surface area contributed by atoms with Crippen LogP contribution in [0.4, 0.5) is 5.69 Å². The van der Waals surface area contributed by atoms with Gasteiger partial charge < -0.3 is 14.6 Å². The third-order valence-electron chi connectivity index (χ3n) is 3.55. The molecule has 0 saturated carbocycles. The van der Waals surface area contributed by atoms with Crippen molar-refractivity contribution >= 4 is 21.7 Å². The molecule has 7 nitrogen and oxygen atoms in total. The summed E-state index contributed by atoms with van der Waals surface area (Å²) in [6.45, 7) is 6.08. The number of hydrogen-bond donors (Lipinski definition) is 2. The number of sulfonamides is 1. The standard InChI is InChI=1S/C18H21NO6S/c1-4-24-16-9-8-14(11-17(16)25-5-2)26(22,23)19-15-10-13(18(20)21)7-6-12(15)3/h6-11,19H,4-5H2,1-3H3,(H,20,21). The Hall–Kier alpha value is -2.74. The highest BCUT2D eigenvalue weighted by molar-refractivity contribution is 7.92. The predicted molar refractivity (Wildman–Crippen MR) is 97.7 cm³/mol. The van der Waals surface area contributed by atoms with Gasteiger partial charge in [-0.25, -0.2) is 13.2 Å². The van der Waals surface area contributed by atoms with E-state index >= 15 is 0 Å². The molecule has 2 aromatic rings. The van der Waals surface area contributed by atoms with Crippen LogP contribution in [-0.2, 0) is 10.0 Å². The van der Waals surface area contributed by atoms with E-state index in [0.29, 0.717) is 30.3 Å². The molecule has 0 heterocycles. The first-order valence-electron chi connectivity index (χ1n) is 8.05. The van der Waals surface area contributed by atoms with Crippen LogP contribution in [-0.4, -0.2) is 32.7 Å². The van der Waals surface area contributed by atoms with Gasteiger partial charge in [0.2, 0.25) is 0 Å².